The molecule has 0 aliphatic heterocycles. The number of nitrogens with one attached hydrogen (secondary N) is 1. The molecule has 9 heavy (non-hydrogen) atoms. The summed E-state index contributed by atoms with van der Waals surface area (Å²) in [7, 11) is 0. The van der Waals surface area contributed by atoms with Crippen molar-refractivity contribution < 1.29 is 14.3 Å². The SMILES string of the molecule is O=C(OF)c1cn[nH]c1. The van der Waals surface area contributed by atoms with Crippen LogP contribution in [0.5, 0.6) is 0 Å². The molecule has 1 aromatic heterocycles. The first-order valence-corrected chi connectivity index (χ1v) is 2.16. The van der Waals surface area contributed by atoms with E-state index in [4.69, 9.17) is 0 Å². The first kappa shape index (κ1) is 5.74. The number of halogens is 1. The van der Waals surface area contributed by atoms with E-state index in [2.05, 4.69) is 15.1 Å². The minimum atomic E-state index is -1.04. The lowest BCUT2D eigenvalue weighted by molar-refractivity contribution is -0.0787. The van der Waals surface area contributed by atoms with Crippen LogP contribution in [0, 0.1) is 0 Å². The van der Waals surface area contributed by atoms with Crippen LogP contribution in [0.3, 0.4) is 0 Å². The van der Waals surface area contributed by atoms with Gasteiger partial charge in [0.15, 0.2) is 0 Å². The number of carbonyl (C=O) groups excluding carboxylic acids is 1. The number of hydrogen-bond donors (Lipinski definition) is 1. The monoisotopic (exact) mass is 130 g/mol. The molecule has 5 heteroatoms. The van der Waals surface area contributed by atoms with E-state index < -0.39 is 5.97 Å². The van der Waals surface area contributed by atoms with Crippen molar-refractivity contribution in [3.63, 3.8) is 0 Å². The highest BCUT2D eigenvalue weighted by Crippen LogP contribution is 1.96. The van der Waals surface area contributed by atoms with E-state index in [0.29, 0.717) is 0 Å². The molecule has 0 saturated heterocycles. The van der Waals surface area contributed by atoms with Crippen LogP contribution in [0.25, 0.3) is 0 Å². The van der Waals surface area contributed by atoms with Gasteiger partial charge in [0.05, 0.1) is 6.20 Å². The van der Waals surface area contributed by atoms with E-state index in [1.165, 1.54) is 12.4 Å². The Morgan fingerprint density at radius 2 is 2.67 bits per heavy atom. The maximum Gasteiger partial charge on any atom is 0.382 e. The van der Waals surface area contributed by atoms with Crippen LogP contribution < -0.4 is 0 Å². The van der Waals surface area contributed by atoms with Gasteiger partial charge >= 0.3 is 5.97 Å². The van der Waals surface area contributed by atoms with Gasteiger partial charge in [-0.15, -0.1) is 0 Å². The molecular weight excluding hydrogens is 127 g/mol. The number of nitrogens with zero attached hydrogens (tertiary/aromatic N) is 1. The maximum absolute atomic E-state index is 11.1. The molecule has 0 amide bonds. The fourth-order valence-corrected chi connectivity index (χ4v) is 0.407. The third-order valence-corrected chi connectivity index (χ3v) is 0.804. The highest BCUT2D eigenvalue weighted by atomic mass is 19.3. The van der Waals surface area contributed by atoms with Gasteiger partial charge in [-0.1, -0.05) is 0 Å². The molecule has 1 rings (SSSR count). The van der Waals surface area contributed by atoms with E-state index in [-0.39, 0.29) is 5.56 Å². The average Bonchev–Trinajstić information content (AvgIpc) is 2.37. The predicted molar refractivity (Wildman–Crippen MR) is 25.1 cm³/mol. The Kier molecular flexibility index (Phi) is 1.44. The molecule has 4 nitrogen and oxygen atoms in total. The third kappa shape index (κ3) is 1.04. The van der Waals surface area contributed by atoms with Gasteiger partial charge in [0.1, 0.15) is 5.56 Å². The molecule has 48 valence electrons. The molecular formula is C4H3FN2O2. The van der Waals surface area contributed by atoms with Crippen LogP contribution >= 0.6 is 0 Å². The lowest BCUT2D eigenvalue weighted by Crippen LogP contribution is -1.95. The maximum atomic E-state index is 11.1. The molecule has 0 aliphatic rings. The molecule has 0 fully saturated rings. The zero-order chi connectivity index (χ0) is 6.69. The summed E-state index contributed by atoms with van der Waals surface area (Å²) in [6.07, 6.45) is 2.41. The topological polar surface area (TPSA) is 55.0 Å². The Morgan fingerprint density at radius 1 is 1.89 bits per heavy atom. The number of aromatic nitrogens is 2. The molecule has 0 spiro atoms. The second-order valence-corrected chi connectivity index (χ2v) is 1.35. The zero-order valence-corrected chi connectivity index (χ0v) is 4.30. The summed E-state index contributed by atoms with van der Waals surface area (Å²) in [5.41, 5.74) is 0.0671. The van der Waals surface area contributed by atoms with Crippen LogP contribution in [0.1, 0.15) is 10.4 Å². The van der Waals surface area contributed by atoms with Crippen molar-refractivity contribution in [3.05, 3.63) is 18.0 Å². The average molecular weight is 130 g/mol. The highest BCUT2D eigenvalue weighted by molar-refractivity contribution is 5.88. The summed E-state index contributed by atoms with van der Waals surface area (Å²) < 4.78 is 11.1. The summed E-state index contributed by atoms with van der Waals surface area (Å²) >= 11 is 0. The summed E-state index contributed by atoms with van der Waals surface area (Å²) in [5, 5.41) is 5.73. The summed E-state index contributed by atoms with van der Waals surface area (Å²) in [4.78, 5) is 13.1. The Hall–Kier alpha value is -1.39. The van der Waals surface area contributed by atoms with Gasteiger partial charge < -0.3 is 0 Å². The van der Waals surface area contributed by atoms with Crippen molar-refractivity contribution in [2.75, 3.05) is 0 Å². The zero-order valence-electron chi connectivity index (χ0n) is 4.30. The van der Waals surface area contributed by atoms with Crippen molar-refractivity contribution in [2.45, 2.75) is 0 Å². The lowest BCUT2D eigenvalue weighted by Gasteiger charge is -1.82. The Morgan fingerprint density at radius 3 is 3.11 bits per heavy atom. The predicted octanol–water partition coefficient (Wildman–Crippen LogP) is 0.451. The van der Waals surface area contributed by atoms with Crippen LogP contribution in [0.4, 0.5) is 4.53 Å². The second kappa shape index (κ2) is 2.25. The number of carbonyl (C=O) groups is 1. The second-order valence-electron chi connectivity index (χ2n) is 1.35. The highest BCUT2D eigenvalue weighted by Gasteiger charge is 2.06. The Bertz CT molecular complexity index is 196. The van der Waals surface area contributed by atoms with Gasteiger partial charge in [0, 0.05) is 10.7 Å². The molecule has 1 heterocycles. The van der Waals surface area contributed by atoms with Crippen molar-refractivity contribution in [2.24, 2.45) is 0 Å². The number of aromatic amines is 1. The molecule has 0 aromatic carbocycles. The molecule has 1 aromatic rings. The van der Waals surface area contributed by atoms with E-state index in [9.17, 15) is 9.32 Å². The minimum Gasteiger partial charge on any atom is -0.285 e. The molecule has 0 bridgehead atoms. The fraction of sp³-hybridized carbons (Fsp3) is 0. The van der Waals surface area contributed by atoms with Crippen LogP contribution in [-0.2, 0) is 4.94 Å². The third-order valence-electron chi connectivity index (χ3n) is 0.804. The number of H-pyrrole nitrogens is 1. The van der Waals surface area contributed by atoms with Crippen LogP contribution in [0.2, 0.25) is 0 Å². The summed E-state index contributed by atoms with van der Waals surface area (Å²) in [6, 6.07) is 0. The van der Waals surface area contributed by atoms with Gasteiger partial charge in [-0.2, -0.15) is 5.10 Å². The lowest BCUT2D eigenvalue weighted by atomic mass is 10.4. The first-order chi connectivity index (χ1) is 4.34. The van der Waals surface area contributed by atoms with Crippen molar-refractivity contribution >= 4 is 5.97 Å². The van der Waals surface area contributed by atoms with E-state index in [0.717, 1.165) is 0 Å². The molecule has 0 atom stereocenters. The quantitative estimate of drug-likeness (QED) is 0.600. The van der Waals surface area contributed by atoms with Gasteiger partial charge in [0.2, 0.25) is 0 Å². The number of hydrogen-bond acceptors (Lipinski definition) is 3. The van der Waals surface area contributed by atoms with Gasteiger partial charge in [-0.05, 0) is 0 Å². The standard InChI is InChI=1S/C4H3FN2O2/c5-9-4(8)3-1-6-7-2-3/h1-2H,(H,6,7). The number of rotatable bonds is 1. The van der Waals surface area contributed by atoms with Gasteiger partial charge in [-0.3, -0.25) is 5.10 Å². The molecule has 1 N–H and O–H groups in total. The van der Waals surface area contributed by atoms with Gasteiger partial charge in [0.25, 0.3) is 0 Å². The normalized spacial score (nSPS) is 9.00. The van der Waals surface area contributed by atoms with Crippen LogP contribution in [-0.4, -0.2) is 16.2 Å². The van der Waals surface area contributed by atoms with Crippen molar-refractivity contribution in [3.8, 4) is 0 Å². The molecule has 0 unspecified atom stereocenters. The Labute approximate surface area is 49.5 Å². The molecule has 0 saturated carbocycles. The smallest absolute Gasteiger partial charge is 0.285 e. The Balaban J connectivity index is 2.77. The minimum absolute atomic E-state index is 0.0671. The van der Waals surface area contributed by atoms with Crippen molar-refractivity contribution in [1.29, 1.82) is 0 Å². The summed E-state index contributed by atoms with van der Waals surface area (Å²) in [6.45, 7) is 0. The van der Waals surface area contributed by atoms with Crippen molar-refractivity contribution in [1.82, 2.24) is 10.2 Å². The molecule has 0 aliphatic carbocycles. The van der Waals surface area contributed by atoms with Crippen LogP contribution in [0.15, 0.2) is 12.4 Å². The first-order valence-electron chi connectivity index (χ1n) is 2.16. The molecule has 0 radical (unpaired) electrons. The van der Waals surface area contributed by atoms with E-state index in [1.54, 1.807) is 0 Å². The largest absolute Gasteiger partial charge is 0.382 e. The van der Waals surface area contributed by atoms with Gasteiger partial charge in [-0.25, -0.2) is 9.74 Å². The summed E-state index contributed by atoms with van der Waals surface area (Å²) in [5.74, 6) is -1.04. The fourth-order valence-electron chi connectivity index (χ4n) is 0.407. The van der Waals surface area contributed by atoms with E-state index >= 15 is 0 Å². The van der Waals surface area contributed by atoms with E-state index in [1.807, 2.05) is 0 Å².